The lowest BCUT2D eigenvalue weighted by Crippen LogP contribution is -2.42. The van der Waals surface area contributed by atoms with Crippen molar-refractivity contribution < 1.29 is 31.7 Å². The minimum atomic E-state index is -4.08. The number of halogens is 1. The largest absolute Gasteiger partial charge is 0.451 e. The maximum absolute atomic E-state index is 13.2. The Labute approximate surface area is 161 Å². The first-order chi connectivity index (χ1) is 13.0. The summed E-state index contributed by atoms with van der Waals surface area (Å²) in [5, 5.41) is 5.96. The Kier molecular flexibility index (Phi) is 6.52. The molecule has 0 saturated carbocycles. The van der Waals surface area contributed by atoms with Crippen LogP contribution < -0.4 is 10.0 Å². The van der Waals surface area contributed by atoms with Gasteiger partial charge in [-0.2, -0.15) is 4.72 Å². The van der Waals surface area contributed by atoms with Gasteiger partial charge in [-0.3, -0.25) is 9.59 Å². The van der Waals surface area contributed by atoms with E-state index in [1.807, 2.05) is 0 Å². The molecular formula is C17H20FN3O6S. The molecule has 28 heavy (non-hydrogen) atoms. The zero-order valence-corrected chi connectivity index (χ0v) is 16.5. The molecule has 1 aromatic carbocycles. The van der Waals surface area contributed by atoms with E-state index in [-0.39, 0.29) is 22.0 Å². The summed E-state index contributed by atoms with van der Waals surface area (Å²) in [6, 6.07) is 3.92. The predicted octanol–water partition coefficient (Wildman–Crippen LogP) is 1.67. The SMILES string of the molecule is Cc1noc(C)c1S(=O)(=O)N[C@@H](C)C(=O)O[C@@H](C)C(=O)Nc1cccc(F)c1. The van der Waals surface area contributed by atoms with E-state index in [2.05, 4.69) is 15.2 Å². The van der Waals surface area contributed by atoms with Crippen LogP contribution >= 0.6 is 0 Å². The Morgan fingerprint density at radius 3 is 2.50 bits per heavy atom. The first kappa shape index (κ1) is 21.5. The van der Waals surface area contributed by atoms with Crippen LogP contribution in [0.25, 0.3) is 0 Å². The van der Waals surface area contributed by atoms with Crippen molar-refractivity contribution >= 4 is 27.6 Å². The summed E-state index contributed by atoms with van der Waals surface area (Å²) in [6.07, 6.45) is -1.23. The smallest absolute Gasteiger partial charge is 0.324 e. The van der Waals surface area contributed by atoms with Crippen molar-refractivity contribution in [2.75, 3.05) is 5.32 Å². The van der Waals surface area contributed by atoms with Crippen LogP contribution in [0.4, 0.5) is 10.1 Å². The molecule has 2 N–H and O–H groups in total. The molecule has 152 valence electrons. The first-order valence-electron chi connectivity index (χ1n) is 8.23. The third kappa shape index (κ3) is 5.14. The van der Waals surface area contributed by atoms with Crippen LogP contribution in [0, 0.1) is 19.7 Å². The number of benzene rings is 1. The van der Waals surface area contributed by atoms with Crippen LogP contribution in [0.5, 0.6) is 0 Å². The number of nitrogens with one attached hydrogen (secondary N) is 2. The van der Waals surface area contributed by atoms with E-state index in [9.17, 15) is 22.4 Å². The van der Waals surface area contributed by atoms with Gasteiger partial charge < -0.3 is 14.6 Å². The number of rotatable bonds is 7. The fraction of sp³-hybridized carbons (Fsp3) is 0.353. The average molecular weight is 413 g/mol. The molecule has 9 nitrogen and oxygen atoms in total. The second-order valence-electron chi connectivity index (χ2n) is 6.07. The van der Waals surface area contributed by atoms with Crippen molar-refractivity contribution in [2.24, 2.45) is 0 Å². The summed E-state index contributed by atoms with van der Waals surface area (Å²) >= 11 is 0. The summed E-state index contributed by atoms with van der Waals surface area (Å²) in [5.41, 5.74) is 0.341. The Morgan fingerprint density at radius 1 is 1.25 bits per heavy atom. The molecule has 1 aromatic heterocycles. The van der Waals surface area contributed by atoms with Gasteiger partial charge in [0.15, 0.2) is 11.9 Å². The minimum Gasteiger partial charge on any atom is -0.451 e. The number of carbonyl (C=O) groups excluding carboxylic acids is 2. The lowest BCUT2D eigenvalue weighted by Gasteiger charge is -2.17. The number of amides is 1. The number of sulfonamides is 1. The molecule has 1 heterocycles. The predicted molar refractivity (Wildman–Crippen MR) is 96.3 cm³/mol. The second-order valence-corrected chi connectivity index (χ2v) is 7.73. The number of aromatic nitrogens is 1. The molecule has 0 spiro atoms. The highest BCUT2D eigenvalue weighted by Crippen LogP contribution is 2.19. The van der Waals surface area contributed by atoms with Crippen LogP contribution in [0.3, 0.4) is 0 Å². The number of ether oxygens (including phenoxy) is 1. The van der Waals surface area contributed by atoms with Crippen LogP contribution in [-0.4, -0.2) is 37.6 Å². The highest BCUT2D eigenvalue weighted by Gasteiger charge is 2.30. The highest BCUT2D eigenvalue weighted by molar-refractivity contribution is 7.89. The van der Waals surface area contributed by atoms with Crippen LogP contribution in [-0.2, 0) is 24.3 Å². The van der Waals surface area contributed by atoms with Gasteiger partial charge in [0.05, 0.1) is 0 Å². The number of carbonyl (C=O) groups is 2. The average Bonchev–Trinajstić information content (AvgIpc) is 2.93. The molecule has 1 amide bonds. The van der Waals surface area contributed by atoms with Gasteiger partial charge in [-0.15, -0.1) is 0 Å². The molecule has 11 heteroatoms. The quantitative estimate of drug-likeness (QED) is 0.661. The Hall–Kier alpha value is -2.79. The van der Waals surface area contributed by atoms with Gasteiger partial charge >= 0.3 is 5.97 Å². The molecule has 0 bridgehead atoms. The maximum atomic E-state index is 13.2. The molecular weight excluding hydrogens is 393 g/mol. The Morgan fingerprint density at radius 2 is 1.93 bits per heavy atom. The standard InChI is InChI=1S/C17H20FN3O6S/c1-9-15(11(3)27-20-9)28(24,25)21-10(2)17(23)26-12(4)16(22)19-14-7-5-6-13(18)8-14/h5-8,10,12,21H,1-4H3,(H,19,22)/t10-,12-/m0/s1. The fourth-order valence-electron chi connectivity index (χ4n) is 2.34. The summed E-state index contributed by atoms with van der Waals surface area (Å²) < 4.78 is 49.9. The van der Waals surface area contributed by atoms with Crippen molar-refractivity contribution in [3.8, 4) is 0 Å². The summed E-state index contributed by atoms with van der Waals surface area (Å²) in [6.45, 7) is 5.46. The number of anilines is 1. The highest BCUT2D eigenvalue weighted by atomic mass is 32.2. The molecule has 0 fully saturated rings. The van der Waals surface area contributed by atoms with E-state index in [0.717, 1.165) is 6.07 Å². The van der Waals surface area contributed by atoms with Gasteiger partial charge in [0, 0.05) is 5.69 Å². The zero-order chi connectivity index (χ0) is 21.1. The van der Waals surface area contributed by atoms with E-state index in [1.165, 1.54) is 45.9 Å². The Balaban J connectivity index is 1.98. The van der Waals surface area contributed by atoms with Gasteiger partial charge in [-0.1, -0.05) is 11.2 Å². The third-order valence-electron chi connectivity index (χ3n) is 3.68. The molecule has 0 unspecified atom stereocenters. The lowest BCUT2D eigenvalue weighted by molar-refractivity contribution is -0.154. The van der Waals surface area contributed by atoms with Crippen LogP contribution in [0.1, 0.15) is 25.3 Å². The van der Waals surface area contributed by atoms with Gasteiger partial charge in [0.2, 0.25) is 10.0 Å². The molecule has 0 radical (unpaired) electrons. The molecule has 0 aliphatic rings. The van der Waals surface area contributed by atoms with Crippen LogP contribution in [0.15, 0.2) is 33.7 Å². The minimum absolute atomic E-state index is 0.0772. The monoisotopic (exact) mass is 413 g/mol. The fourth-order valence-corrected chi connectivity index (χ4v) is 3.86. The first-order valence-corrected chi connectivity index (χ1v) is 9.71. The summed E-state index contributed by atoms with van der Waals surface area (Å²) in [7, 11) is -4.08. The van der Waals surface area contributed by atoms with E-state index in [4.69, 9.17) is 9.26 Å². The molecule has 0 saturated heterocycles. The molecule has 2 atom stereocenters. The summed E-state index contributed by atoms with van der Waals surface area (Å²) in [4.78, 5) is 24.1. The third-order valence-corrected chi connectivity index (χ3v) is 5.46. The van der Waals surface area contributed by atoms with Crippen molar-refractivity contribution in [3.63, 3.8) is 0 Å². The molecule has 2 aromatic rings. The molecule has 0 aliphatic heterocycles. The normalized spacial score (nSPS) is 13.6. The van der Waals surface area contributed by atoms with Crippen molar-refractivity contribution in [2.45, 2.75) is 44.7 Å². The van der Waals surface area contributed by atoms with E-state index >= 15 is 0 Å². The van der Waals surface area contributed by atoms with Crippen molar-refractivity contribution in [1.29, 1.82) is 0 Å². The van der Waals surface area contributed by atoms with Crippen molar-refractivity contribution in [3.05, 3.63) is 41.5 Å². The van der Waals surface area contributed by atoms with E-state index in [1.54, 1.807) is 0 Å². The maximum Gasteiger partial charge on any atom is 0.324 e. The van der Waals surface area contributed by atoms with E-state index < -0.39 is 39.9 Å². The second kappa shape index (κ2) is 8.48. The zero-order valence-electron chi connectivity index (χ0n) is 15.6. The van der Waals surface area contributed by atoms with Crippen molar-refractivity contribution in [1.82, 2.24) is 9.88 Å². The molecule has 2 rings (SSSR count). The number of hydrogen-bond acceptors (Lipinski definition) is 7. The topological polar surface area (TPSA) is 128 Å². The lowest BCUT2D eigenvalue weighted by atomic mass is 10.3. The van der Waals surface area contributed by atoms with Gasteiger partial charge in [-0.05, 0) is 45.9 Å². The number of aryl methyl sites for hydroxylation is 2. The van der Waals surface area contributed by atoms with Crippen LogP contribution in [0.2, 0.25) is 0 Å². The Bertz CT molecular complexity index is 969. The van der Waals surface area contributed by atoms with Gasteiger partial charge in [0.1, 0.15) is 22.4 Å². The number of esters is 1. The van der Waals surface area contributed by atoms with Gasteiger partial charge in [0.25, 0.3) is 5.91 Å². The van der Waals surface area contributed by atoms with E-state index in [0.29, 0.717) is 0 Å². The number of nitrogens with zero attached hydrogens (tertiary/aromatic N) is 1. The molecule has 0 aliphatic carbocycles. The van der Waals surface area contributed by atoms with Gasteiger partial charge in [-0.25, -0.2) is 12.8 Å². The number of hydrogen-bond donors (Lipinski definition) is 2. The summed E-state index contributed by atoms with van der Waals surface area (Å²) in [5.74, 6) is -2.12.